The molecule has 0 unspecified atom stereocenters. The molecule has 2 heterocycles. The fourth-order valence-electron chi connectivity index (χ4n) is 2.86. The normalized spacial score (nSPS) is 16.1. The van der Waals surface area contributed by atoms with E-state index in [1.54, 1.807) is 6.07 Å². The fraction of sp³-hybridized carbons (Fsp3) is 0.778. The van der Waals surface area contributed by atoms with Crippen LogP contribution in [0.2, 0.25) is 0 Å². The van der Waals surface area contributed by atoms with Crippen LogP contribution < -0.4 is 5.32 Å². The van der Waals surface area contributed by atoms with Gasteiger partial charge in [0.1, 0.15) is 12.0 Å². The Bertz CT molecular complexity index is 689. The number of sulfonamides is 1. The summed E-state index contributed by atoms with van der Waals surface area (Å²) in [7, 11) is -3.39. The molecule has 1 aromatic heterocycles. The maximum atomic E-state index is 12.5. The zero-order valence-electron chi connectivity index (χ0n) is 17.5. The van der Waals surface area contributed by atoms with Crippen LogP contribution in [0.4, 0.5) is 0 Å². The van der Waals surface area contributed by atoms with Crippen LogP contribution in [0, 0.1) is 5.92 Å². The first kappa shape index (κ1) is 26.1. The monoisotopic (exact) mass is 543 g/mol. The van der Waals surface area contributed by atoms with Crippen molar-refractivity contribution in [3.63, 3.8) is 0 Å². The van der Waals surface area contributed by atoms with Crippen molar-refractivity contribution in [1.29, 1.82) is 0 Å². The third-order valence-electron chi connectivity index (χ3n) is 4.25. The maximum absolute atomic E-state index is 12.5. The lowest BCUT2D eigenvalue weighted by Crippen LogP contribution is -2.53. The Morgan fingerprint density at radius 1 is 1.34 bits per heavy atom. The number of halogens is 1. The minimum atomic E-state index is -3.39. The number of rotatable bonds is 10. The number of piperazine rings is 1. The Kier molecular flexibility index (Phi) is 12.1. The summed E-state index contributed by atoms with van der Waals surface area (Å²) in [5, 5.41) is 6.99. The molecule has 9 nitrogen and oxygen atoms in total. The zero-order chi connectivity index (χ0) is 20.4. The number of aromatic nitrogens is 1. The van der Waals surface area contributed by atoms with E-state index in [2.05, 4.69) is 34.2 Å². The summed E-state index contributed by atoms with van der Waals surface area (Å²) in [5.41, 5.74) is 0.428. The summed E-state index contributed by atoms with van der Waals surface area (Å²) in [5.74, 6) is 1.24. The lowest BCUT2D eigenvalue weighted by atomic mass is 10.2. The van der Waals surface area contributed by atoms with E-state index < -0.39 is 10.0 Å². The molecule has 29 heavy (non-hydrogen) atoms. The standard InChI is InChI=1S/C18H33N5O4S.HI/c1-4-19-18(20-7-5-12-26-14-16(2)3)22-8-10-23(11-9-22)28(24,25)15-17-6-13-27-21-17;/h6,13,16H,4-5,7-12,14-15H2,1-3H3,(H,19,20);1H. The molecule has 0 radical (unpaired) electrons. The molecule has 0 aromatic carbocycles. The van der Waals surface area contributed by atoms with Gasteiger partial charge in [0, 0.05) is 58.5 Å². The summed E-state index contributed by atoms with van der Waals surface area (Å²) in [4.78, 5) is 6.77. The van der Waals surface area contributed by atoms with Gasteiger partial charge in [-0.2, -0.15) is 4.31 Å². The van der Waals surface area contributed by atoms with E-state index in [1.807, 2.05) is 6.92 Å². The average Bonchev–Trinajstić information content (AvgIpc) is 3.16. The molecule has 168 valence electrons. The largest absolute Gasteiger partial charge is 0.381 e. The average molecular weight is 543 g/mol. The van der Waals surface area contributed by atoms with E-state index >= 15 is 0 Å². The quantitative estimate of drug-likeness (QED) is 0.208. The summed E-state index contributed by atoms with van der Waals surface area (Å²) >= 11 is 0. The number of guanidine groups is 1. The minimum Gasteiger partial charge on any atom is -0.381 e. The molecule has 1 saturated heterocycles. The third kappa shape index (κ3) is 9.18. The molecule has 0 atom stereocenters. The van der Waals surface area contributed by atoms with Gasteiger partial charge in [-0.15, -0.1) is 24.0 Å². The van der Waals surface area contributed by atoms with E-state index in [0.717, 1.165) is 25.5 Å². The van der Waals surface area contributed by atoms with Crippen LogP contribution >= 0.6 is 24.0 Å². The molecular formula is C18H34IN5O4S. The predicted octanol–water partition coefficient (Wildman–Crippen LogP) is 1.77. The smallest absolute Gasteiger partial charge is 0.220 e. The van der Waals surface area contributed by atoms with Gasteiger partial charge in [-0.05, 0) is 19.3 Å². The van der Waals surface area contributed by atoms with Crippen molar-refractivity contribution in [3.8, 4) is 0 Å². The molecule has 0 spiro atoms. The zero-order valence-corrected chi connectivity index (χ0v) is 20.7. The van der Waals surface area contributed by atoms with Crippen LogP contribution in [0.5, 0.6) is 0 Å². The maximum Gasteiger partial charge on any atom is 0.220 e. The molecule has 0 bridgehead atoms. The van der Waals surface area contributed by atoms with Crippen molar-refractivity contribution in [2.75, 3.05) is 52.5 Å². The highest BCUT2D eigenvalue weighted by molar-refractivity contribution is 14.0. The van der Waals surface area contributed by atoms with Crippen LogP contribution in [0.25, 0.3) is 0 Å². The van der Waals surface area contributed by atoms with Crippen molar-refractivity contribution in [1.82, 2.24) is 19.7 Å². The van der Waals surface area contributed by atoms with Gasteiger partial charge in [-0.1, -0.05) is 19.0 Å². The SMILES string of the molecule is CCNC(=NCCCOCC(C)C)N1CCN(S(=O)(=O)Cc2ccon2)CC1.I. The summed E-state index contributed by atoms with van der Waals surface area (Å²) < 4.78 is 36.9. The fourth-order valence-corrected chi connectivity index (χ4v) is 4.29. The highest BCUT2D eigenvalue weighted by Gasteiger charge is 2.28. The highest BCUT2D eigenvalue weighted by Crippen LogP contribution is 2.13. The van der Waals surface area contributed by atoms with Crippen molar-refractivity contribution < 1.29 is 17.7 Å². The van der Waals surface area contributed by atoms with E-state index in [4.69, 9.17) is 9.26 Å². The van der Waals surface area contributed by atoms with Crippen molar-refractivity contribution in [2.45, 2.75) is 32.9 Å². The molecule has 11 heteroatoms. The Labute approximate surface area is 191 Å². The molecule has 0 saturated carbocycles. The molecule has 0 amide bonds. The van der Waals surface area contributed by atoms with Crippen LogP contribution in [0.15, 0.2) is 21.8 Å². The molecule has 2 rings (SSSR count). The number of aliphatic imine (C=N–C) groups is 1. The van der Waals surface area contributed by atoms with E-state index in [0.29, 0.717) is 50.9 Å². The van der Waals surface area contributed by atoms with Crippen molar-refractivity contribution >= 4 is 40.0 Å². The molecular weight excluding hydrogens is 509 g/mol. The van der Waals surface area contributed by atoms with Gasteiger partial charge >= 0.3 is 0 Å². The van der Waals surface area contributed by atoms with E-state index in [9.17, 15) is 8.42 Å². The Hall–Kier alpha value is -0.920. The molecule has 1 fully saturated rings. The third-order valence-corrected chi connectivity index (χ3v) is 6.06. The number of hydrogen-bond donors (Lipinski definition) is 1. The predicted molar refractivity (Wildman–Crippen MR) is 124 cm³/mol. The summed E-state index contributed by atoms with van der Waals surface area (Å²) in [6.45, 7) is 11.3. The number of nitrogens with one attached hydrogen (secondary N) is 1. The van der Waals surface area contributed by atoms with Gasteiger partial charge in [0.25, 0.3) is 0 Å². The topological polar surface area (TPSA) is 100 Å². The van der Waals surface area contributed by atoms with Crippen LogP contribution in [0.3, 0.4) is 0 Å². The molecule has 1 aliphatic rings. The number of ether oxygens (including phenoxy) is 1. The number of nitrogens with zero attached hydrogens (tertiary/aromatic N) is 4. The minimum absolute atomic E-state index is 0. The van der Waals surface area contributed by atoms with Gasteiger partial charge < -0.3 is 19.5 Å². The van der Waals surface area contributed by atoms with Crippen LogP contribution in [-0.4, -0.2) is 81.2 Å². The lowest BCUT2D eigenvalue weighted by Gasteiger charge is -2.35. The second kappa shape index (κ2) is 13.4. The van der Waals surface area contributed by atoms with Crippen molar-refractivity contribution in [3.05, 3.63) is 18.0 Å². The first-order valence-corrected chi connectivity index (χ1v) is 11.5. The Morgan fingerprint density at radius 2 is 2.07 bits per heavy atom. The Morgan fingerprint density at radius 3 is 2.66 bits per heavy atom. The van der Waals surface area contributed by atoms with E-state index in [1.165, 1.54) is 10.6 Å². The first-order chi connectivity index (χ1) is 13.4. The molecule has 1 aliphatic heterocycles. The molecule has 1 N–H and O–H groups in total. The van der Waals surface area contributed by atoms with Gasteiger partial charge in [0.15, 0.2) is 5.96 Å². The highest BCUT2D eigenvalue weighted by atomic mass is 127. The van der Waals surface area contributed by atoms with Gasteiger partial charge in [0.2, 0.25) is 10.0 Å². The molecule has 1 aromatic rings. The second-order valence-electron chi connectivity index (χ2n) is 7.19. The van der Waals surface area contributed by atoms with Crippen molar-refractivity contribution in [2.24, 2.45) is 10.9 Å². The van der Waals surface area contributed by atoms with E-state index in [-0.39, 0.29) is 29.7 Å². The lowest BCUT2D eigenvalue weighted by molar-refractivity contribution is 0.109. The van der Waals surface area contributed by atoms with Crippen LogP contribution in [0.1, 0.15) is 32.9 Å². The second-order valence-corrected chi connectivity index (χ2v) is 9.16. The summed E-state index contributed by atoms with van der Waals surface area (Å²) in [6.07, 6.45) is 2.25. The van der Waals surface area contributed by atoms with Crippen LogP contribution in [-0.2, 0) is 20.5 Å². The molecule has 0 aliphatic carbocycles. The number of hydrogen-bond acceptors (Lipinski definition) is 6. The Balaban J connectivity index is 0.00000420. The van der Waals surface area contributed by atoms with Gasteiger partial charge in [-0.25, -0.2) is 8.42 Å². The van der Waals surface area contributed by atoms with Gasteiger partial charge in [0.05, 0.1) is 5.69 Å². The summed E-state index contributed by atoms with van der Waals surface area (Å²) in [6, 6.07) is 1.58. The first-order valence-electron chi connectivity index (χ1n) is 9.90. The van der Waals surface area contributed by atoms with Gasteiger partial charge in [-0.3, -0.25) is 4.99 Å².